The molecule has 2 aromatic heterocycles. The number of hydrogen-bond acceptors (Lipinski definition) is 6. The molecule has 9 heteroatoms. The van der Waals surface area contributed by atoms with Crippen molar-refractivity contribution in [3.63, 3.8) is 0 Å². The molecule has 1 aliphatic rings. The molecule has 3 aromatic rings. The number of pyridine rings is 1. The molecule has 0 bridgehead atoms. The Morgan fingerprint density at radius 3 is 2.66 bits per heavy atom. The number of nitrogens with zero attached hydrogens (tertiary/aromatic N) is 3. The average Bonchev–Trinajstić information content (AvgIpc) is 2.78. The number of carbonyl (C=O) groups excluding carboxylic acids is 1. The largest absolute Gasteiger partial charge is 0.464 e. The van der Waals surface area contributed by atoms with E-state index in [9.17, 15) is 14.4 Å². The number of rotatable bonds is 4. The number of halogens is 1. The van der Waals surface area contributed by atoms with E-state index in [1.807, 2.05) is 0 Å². The van der Waals surface area contributed by atoms with Crippen molar-refractivity contribution in [3.8, 4) is 5.69 Å². The fraction of sp³-hybridized carbons (Fsp3) is 0.304. The number of benzene rings is 1. The van der Waals surface area contributed by atoms with Gasteiger partial charge in [0.15, 0.2) is 11.8 Å². The SMILES string of the molecule is CCOC(=O)C1CC(c2cc3c(=O)n(C)c(C)nc3n(-c3ccc(Cl)cc3)c2=O)=CCO1. The fourth-order valence-electron chi connectivity index (χ4n) is 3.70. The van der Waals surface area contributed by atoms with Gasteiger partial charge in [0.1, 0.15) is 5.82 Å². The first-order valence-electron chi connectivity index (χ1n) is 10.2. The van der Waals surface area contributed by atoms with Crippen LogP contribution in [0.4, 0.5) is 0 Å². The molecule has 0 N–H and O–H groups in total. The minimum absolute atomic E-state index is 0.154. The van der Waals surface area contributed by atoms with Crippen molar-refractivity contribution in [3.05, 3.63) is 73.5 Å². The molecule has 0 amide bonds. The second-order valence-corrected chi connectivity index (χ2v) is 7.88. The molecule has 1 unspecified atom stereocenters. The van der Waals surface area contributed by atoms with E-state index in [0.29, 0.717) is 33.1 Å². The second kappa shape index (κ2) is 8.72. The van der Waals surface area contributed by atoms with Crippen LogP contribution in [-0.2, 0) is 21.3 Å². The summed E-state index contributed by atoms with van der Waals surface area (Å²) in [5.74, 6) is -0.00450. The van der Waals surface area contributed by atoms with Gasteiger partial charge in [-0.25, -0.2) is 9.78 Å². The lowest BCUT2D eigenvalue weighted by atomic mass is 9.97. The standard InChI is InChI=1S/C23H22ClN3O5/c1-4-31-23(30)19-11-14(9-10-32-19)17-12-18-20(25-13(2)26(3)21(18)28)27(22(17)29)16-7-5-15(24)6-8-16/h5-9,12,19H,4,10-11H2,1-3H3. The number of esters is 1. The molecule has 4 rings (SSSR count). The Morgan fingerprint density at radius 1 is 1.25 bits per heavy atom. The lowest BCUT2D eigenvalue weighted by Crippen LogP contribution is -2.32. The highest BCUT2D eigenvalue weighted by molar-refractivity contribution is 6.30. The van der Waals surface area contributed by atoms with Gasteiger partial charge in [-0.1, -0.05) is 17.7 Å². The van der Waals surface area contributed by atoms with Crippen molar-refractivity contribution in [2.75, 3.05) is 13.2 Å². The monoisotopic (exact) mass is 455 g/mol. The van der Waals surface area contributed by atoms with Gasteiger partial charge in [-0.2, -0.15) is 0 Å². The smallest absolute Gasteiger partial charge is 0.335 e. The lowest BCUT2D eigenvalue weighted by molar-refractivity contribution is -0.156. The van der Waals surface area contributed by atoms with Crippen LogP contribution in [0.5, 0.6) is 0 Å². The second-order valence-electron chi connectivity index (χ2n) is 7.44. The van der Waals surface area contributed by atoms with E-state index in [1.165, 1.54) is 9.13 Å². The van der Waals surface area contributed by atoms with E-state index in [-0.39, 0.29) is 36.4 Å². The minimum Gasteiger partial charge on any atom is -0.464 e. The Morgan fingerprint density at radius 2 is 1.97 bits per heavy atom. The van der Waals surface area contributed by atoms with Crippen molar-refractivity contribution in [2.24, 2.45) is 7.05 Å². The number of hydrogen-bond donors (Lipinski definition) is 0. The van der Waals surface area contributed by atoms with E-state index >= 15 is 0 Å². The Labute approximate surface area is 188 Å². The van der Waals surface area contributed by atoms with E-state index in [1.54, 1.807) is 57.3 Å². The number of carbonyl (C=O) groups is 1. The van der Waals surface area contributed by atoms with Gasteiger partial charge in [-0.3, -0.25) is 18.7 Å². The predicted molar refractivity (Wildman–Crippen MR) is 121 cm³/mol. The van der Waals surface area contributed by atoms with Gasteiger partial charge in [0.25, 0.3) is 11.1 Å². The average molecular weight is 456 g/mol. The Bertz CT molecular complexity index is 1360. The van der Waals surface area contributed by atoms with Crippen molar-refractivity contribution in [1.82, 2.24) is 14.1 Å². The van der Waals surface area contributed by atoms with Crippen molar-refractivity contribution in [1.29, 1.82) is 0 Å². The summed E-state index contributed by atoms with van der Waals surface area (Å²) < 4.78 is 13.4. The maximum atomic E-state index is 13.7. The third kappa shape index (κ3) is 3.87. The van der Waals surface area contributed by atoms with Gasteiger partial charge in [-0.05, 0) is 49.8 Å². The van der Waals surface area contributed by atoms with Crippen LogP contribution in [0, 0.1) is 6.92 Å². The summed E-state index contributed by atoms with van der Waals surface area (Å²) in [4.78, 5) is 43.4. The topological polar surface area (TPSA) is 92.4 Å². The third-order valence-electron chi connectivity index (χ3n) is 5.48. The molecule has 32 heavy (non-hydrogen) atoms. The van der Waals surface area contributed by atoms with Crippen LogP contribution in [0.2, 0.25) is 5.02 Å². The summed E-state index contributed by atoms with van der Waals surface area (Å²) >= 11 is 6.03. The molecule has 1 aromatic carbocycles. The molecule has 0 spiro atoms. The first-order chi connectivity index (χ1) is 15.3. The summed E-state index contributed by atoms with van der Waals surface area (Å²) in [5, 5.41) is 0.814. The summed E-state index contributed by atoms with van der Waals surface area (Å²) in [5.41, 5.74) is 1.10. The van der Waals surface area contributed by atoms with Crippen LogP contribution >= 0.6 is 11.6 Å². The third-order valence-corrected chi connectivity index (χ3v) is 5.73. The molecule has 1 atom stereocenters. The molecule has 166 valence electrons. The fourth-order valence-corrected chi connectivity index (χ4v) is 3.83. The van der Waals surface area contributed by atoms with E-state index in [4.69, 9.17) is 21.1 Å². The molecule has 0 saturated carbocycles. The first-order valence-corrected chi connectivity index (χ1v) is 10.6. The van der Waals surface area contributed by atoms with Crippen molar-refractivity contribution in [2.45, 2.75) is 26.4 Å². The first kappa shape index (κ1) is 22.0. The highest BCUT2D eigenvalue weighted by Gasteiger charge is 2.28. The Balaban J connectivity index is 1.97. The number of aryl methyl sites for hydroxylation is 1. The van der Waals surface area contributed by atoms with Crippen LogP contribution < -0.4 is 11.1 Å². The van der Waals surface area contributed by atoms with Gasteiger partial charge in [0, 0.05) is 24.1 Å². The van der Waals surface area contributed by atoms with E-state index < -0.39 is 12.1 Å². The number of aromatic nitrogens is 3. The van der Waals surface area contributed by atoms with Gasteiger partial charge < -0.3 is 9.47 Å². The Hall–Kier alpha value is -3.23. The summed E-state index contributed by atoms with van der Waals surface area (Å²) in [7, 11) is 1.63. The zero-order valence-electron chi connectivity index (χ0n) is 17.9. The van der Waals surface area contributed by atoms with Gasteiger partial charge in [0.05, 0.1) is 24.3 Å². The molecule has 0 aliphatic carbocycles. The van der Waals surface area contributed by atoms with E-state index in [2.05, 4.69) is 4.98 Å². The van der Waals surface area contributed by atoms with Crippen LogP contribution in [0.25, 0.3) is 22.3 Å². The zero-order valence-corrected chi connectivity index (χ0v) is 18.7. The van der Waals surface area contributed by atoms with Gasteiger partial charge in [0.2, 0.25) is 0 Å². The molecular formula is C23H22ClN3O5. The molecule has 1 aliphatic heterocycles. The quantitative estimate of drug-likeness (QED) is 0.562. The predicted octanol–water partition coefficient (Wildman–Crippen LogP) is 2.78. The molecule has 0 radical (unpaired) electrons. The summed E-state index contributed by atoms with van der Waals surface area (Å²) in [6, 6.07) is 8.28. The lowest BCUT2D eigenvalue weighted by Gasteiger charge is -2.22. The maximum Gasteiger partial charge on any atom is 0.335 e. The minimum atomic E-state index is -0.812. The van der Waals surface area contributed by atoms with Crippen LogP contribution in [0.15, 0.2) is 46.0 Å². The van der Waals surface area contributed by atoms with Crippen LogP contribution in [0.3, 0.4) is 0 Å². The van der Waals surface area contributed by atoms with Crippen molar-refractivity contribution < 1.29 is 14.3 Å². The van der Waals surface area contributed by atoms with Crippen LogP contribution in [-0.4, -0.2) is 39.4 Å². The molecule has 0 fully saturated rings. The number of fused-ring (bicyclic) bond motifs is 1. The summed E-state index contributed by atoms with van der Waals surface area (Å²) in [6.07, 6.45) is 1.10. The van der Waals surface area contributed by atoms with Crippen molar-refractivity contribution >= 4 is 34.2 Å². The van der Waals surface area contributed by atoms with Gasteiger partial charge >= 0.3 is 5.97 Å². The summed E-state index contributed by atoms with van der Waals surface area (Å²) in [6.45, 7) is 3.81. The van der Waals surface area contributed by atoms with Gasteiger partial charge in [-0.15, -0.1) is 0 Å². The number of ether oxygens (including phenoxy) is 2. The molecule has 8 nitrogen and oxygen atoms in total. The highest BCUT2D eigenvalue weighted by atomic mass is 35.5. The van der Waals surface area contributed by atoms with Crippen LogP contribution in [0.1, 0.15) is 24.7 Å². The molecule has 0 saturated heterocycles. The Kier molecular flexibility index (Phi) is 5.99. The highest BCUT2D eigenvalue weighted by Crippen LogP contribution is 2.26. The normalized spacial score (nSPS) is 16.1. The van der Waals surface area contributed by atoms with E-state index in [0.717, 1.165) is 0 Å². The zero-order chi connectivity index (χ0) is 23.0. The maximum absolute atomic E-state index is 13.7. The molecular weight excluding hydrogens is 434 g/mol. The molecule has 3 heterocycles.